The summed E-state index contributed by atoms with van der Waals surface area (Å²) >= 11 is 0. The summed E-state index contributed by atoms with van der Waals surface area (Å²) in [6.07, 6.45) is 1.06. The number of hydrogen-bond acceptors (Lipinski definition) is 3. The van der Waals surface area contributed by atoms with Crippen molar-refractivity contribution in [3.8, 4) is 0 Å². The molecule has 1 heterocycles. The zero-order valence-electron chi connectivity index (χ0n) is 11.6. The first-order chi connectivity index (χ1) is 9.63. The molecule has 0 aromatic heterocycles. The quantitative estimate of drug-likeness (QED) is 0.847. The Balaban J connectivity index is 2.20. The van der Waals surface area contributed by atoms with Gasteiger partial charge in [-0.25, -0.2) is 0 Å². The molecule has 0 saturated carbocycles. The van der Waals surface area contributed by atoms with Gasteiger partial charge in [0.15, 0.2) is 0 Å². The molecule has 2 rings (SSSR count). The Morgan fingerprint density at radius 1 is 1.40 bits per heavy atom. The van der Waals surface area contributed by atoms with Crippen molar-refractivity contribution >= 4 is 11.8 Å². The smallest absolute Gasteiger partial charge is 0.222 e. The van der Waals surface area contributed by atoms with Crippen molar-refractivity contribution in [3.63, 3.8) is 0 Å². The van der Waals surface area contributed by atoms with Gasteiger partial charge in [0.25, 0.3) is 0 Å². The molecule has 0 radical (unpaired) electrons. The number of carbonyl (C=O) groups is 2. The van der Waals surface area contributed by atoms with E-state index in [4.69, 9.17) is 5.11 Å². The zero-order valence-corrected chi connectivity index (χ0v) is 11.6. The van der Waals surface area contributed by atoms with E-state index in [9.17, 15) is 9.59 Å². The molecule has 2 N–H and O–H groups in total. The van der Waals surface area contributed by atoms with Crippen molar-refractivity contribution < 1.29 is 14.7 Å². The van der Waals surface area contributed by atoms with Crippen LogP contribution in [0.1, 0.15) is 30.5 Å². The molecule has 2 amide bonds. The van der Waals surface area contributed by atoms with Gasteiger partial charge in [0.2, 0.25) is 11.8 Å². The fourth-order valence-electron chi connectivity index (χ4n) is 2.69. The van der Waals surface area contributed by atoms with Crippen LogP contribution in [0.5, 0.6) is 0 Å². The number of rotatable bonds is 4. The van der Waals surface area contributed by atoms with Crippen molar-refractivity contribution in [2.45, 2.75) is 25.8 Å². The van der Waals surface area contributed by atoms with Gasteiger partial charge in [0.1, 0.15) is 0 Å². The predicted octanol–water partition coefficient (Wildman–Crippen LogP) is 0.631. The lowest BCUT2D eigenvalue weighted by molar-refractivity contribution is -0.133. The first kappa shape index (κ1) is 14.5. The highest BCUT2D eigenvalue weighted by atomic mass is 16.3. The first-order valence-electron chi connectivity index (χ1n) is 6.86. The molecule has 0 aliphatic carbocycles. The molecule has 0 saturated heterocycles. The molecule has 1 aliphatic heterocycles. The van der Waals surface area contributed by atoms with Crippen molar-refractivity contribution in [3.05, 3.63) is 35.4 Å². The predicted molar refractivity (Wildman–Crippen MR) is 75.0 cm³/mol. The van der Waals surface area contributed by atoms with E-state index in [0.29, 0.717) is 6.54 Å². The third kappa shape index (κ3) is 3.17. The van der Waals surface area contributed by atoms with Crippen LogP contribution in [0.2, 0.25) is 0 Å². The van der Waals surface area contributed by atoms with Crippen LogP contribution < -0.4 is 5.32 Å². The highest BCUT2D eigenvalue weighted by Crippen LogP contribution is 2.32. The maximum Gasteiger partial charge on any atom is 0.222 e. The average molecular weight is 276 g/mol. The average Bonchev–Trinajstić information content (AvgIpc) is 2.45. The fourth-order valence-corrected chi connectivity index (χ4v) is 2.69. The number of carbonyl (C=O) groups excluding carboxylic acids is 2. The van der Waals surface area contributed by atoms with Crippen LogP contribution in [-0.2, 0) is 16.0 Å². The van der Waals surface area contributed by atoms with Crippen LogP contribution in [0.4, 0.5) is 0 Å². The van der Waals surface area contributed by atoms with Gasteiger partial charge in [0.05, 0.1) is 19.1 Å². The first-order valence-corrected chi connectivity index (χ1v) is 6.86. The minimum absolute atomic E-state index is 0.0144. The molecular formula is C15H20N2O3. The number of nitrogens with one attached hydrogen (secondary N) is 1. The lowest BCUT2D eigenvalue weighted by Gasteiger charge is -2.36. The Bertz CT molecular complexity index is 502. The molecule has 1 aromatic rings. The number of nitrogens with zero attached hydrogens (tertiary/aromatic N) is 1. The highest BCUT2D eigenvalue weighted by molar-refractivity contribution is 5.79. The Morgan fingerprint density at radius 3 is 2.85 bits per heavy atom. The van der Waals surface area contributed by atoms with Crippen LogP contribution in [0, 0.1) is 0 Å². The molecule has 0 spiro atoms. The maximum absolute atomic E-state index is 11.9. The van der Waals surface area contributed by atoms with Gasteiger partial charge in [-0.1, -0.05) is 24.3 Å². The van der Waals surface area contributed by atoms with Crippen molar-refractivity contribution in [2.24, 2.45) is 0 Å². The summed E-state index contributed by atoms with van der Waals surface area (Å²) in [5.41, 5.74) is 2.25. The fraction of sp³-hybridized carbons (Fsp3) is 0.467. The number of amides is 2. The van der Waals surface area contributed by atoms with E-state index in [0.717, 1.165) is 12.0 Å². The third-order valence-corrected chi connectivity index (χ3v) is 3.63. The Labute approximate surface area is 118 Å². The van der Waals surface area contributed by atoms with Crippen LogP contribution in [-0.4, -0.2) is 41.5 Å². The summed E-state index contributed by atoms with van der Waals surface area (Å²) in [6.45, 7) is 2.34. The zero-order chi connectivity index (χ0) is 14.5. The van der Waals surface area contributed by atoms with Crippen LogP contribution in [0.25, 0.3) is 0 Å². The summed E-state index contributed by atoms with van der Waals surface area (Å²) in [6, 6.07) is 7.72. The van der Waals surface area contributed by atoms with E-state index in [2.05, 4.69) is 5.32 Å². The Kier molecular flexibility index (Phi) is 4.74. The van der Waals surface area contributed by atoms with Crippen molar-refractivity contribution in [2.75, 3.05) is 19.7 Å². The minimum atomic E-state index is -0.212. The van der Waals surface area contributed by atoms with Gasteiger partial charge >= 0.3 is 0 Å². The molecule has 0 unspecified atom stereocenters. The summed E-state index contributed by atoms with van der Waals surface area (Å²) in [7, 11) is 0. The normalized spacial score (nSPS) is 17.5. The van der Waals surface area contributed by atoms with Gasteiger partial charge in [0, 0.05) is 20.0 Å². The lowest BCUT2D eigenvalue weighted by Crippen LogP contribution is -2.41. The van der Waals surface area contributed by atoms with Crippen molar-refractivity contribution in [1.82, 2.24) is 10.2 Å². The van der Waals surface area contributed by atoms with Gasteiger partial charge in [-0.3, -0.25) is 9.59 Å². The maximum atomic E-state index is 11.9. The molecule has 5 heteroatoms. The SMILES string of the molecule is CC(=O)N1CCc2ccccc2[C@@H]1CC(=O)NCCO. The molecular weight excluding hydrogens is 256 g/mol. The van der Waals surface area contributed by atoms with Crippen molar-refractivity contribution in [1.29, 1.82) is 0 Å². The second-order valence-corrected chi connectivity index (χ2v) is 4.95. The standard InChI is InChI=1S/C15H20N2O3/c1-11(19)17-8-6-12-4-2-3-5-13(12)14(17)10-15(20)16-7-9-18/h2-5,14,18H,6-10H2,1H3,(H,16,20)/t14-/m0/s1. The number of aliphatic hydroxyl groups is 1. The largest absolute Gasteiger partial charge is 0.395 e. The van der Waals surface area contributed by atoms with E-state index in [-0.39, 0.29) is 37.4 Å². The second-order valence-electron chi connectivity index (χ2n) is 4.95. The molecule has 0 bridgehead atoms. The van der Waals surface area contributed by atoms with Gasteiger partial charge in [-0.15, -0.1) is 0 Å². The topological polar surface area (TPSA) is 69.6 Å². The van der Waals surface area contributed by atoms with E-state index in [1.54, 1.807) is 4.90 Å². The number of fused-ring (bicyclic) bond motifs is 1. The molecule has 0 fully saturated rings. The minimum Gasteiger partial charge on any atom is -0.395 e. The summed E-state index contributed by atoms with van der Waals surface area (Å²) in [5.74, 6) is -0.161. The number of benzene rings is 1. The van der Waals surface area contributed by atoms with E-state index >= 15 is 0 Å². The number of hydrogen-bond donors (Lipinski definition) is 2. The van der Waals surface area contributed by atoms with Gasteiger partial charge in [-0.05, 0) is 17.5 Å². The molecule has 1 aliphatic rings. The van der Waals surface area contributed by atoms with E-state index < -0.39 is 0 Å². The van der Waals surface area contributed by atoms with Crippen LogP contribution >= 0.6 is 0 Å². The van der Waals surface area contributed by atoms with Gasteiger partial charge in [-0.2, -0.15) is 0 Å². The summed E-state index contributed by atoms with van der Waals surface area (Å²) < 4.78 is 0. The lowest BCUT2D eigenvalue weighted by atomic mass is 9.90. The van der Waals surface area contributed by atoms with Crippen LogP contribution in [0.15, 0.2) is 24.3 Å². The van der Waals surface area contributed by atoms with E-state index in [1.165, 1.54) is 12.5 Å². The number of aliphatic hydroxyl groups excluding tert-OH is 1. The van der Waals surface area contributed by atoms with Crippen LogP contribution in [0.3, 0.4) is 0 Å². The third-order valence-electron chi connectivity index (χ3n) is 3.63. The molecule has 5 nitrogen and oxygen atoms in total. The Hall–Kier alpha value is -1.88. The van der Waals surface area contributed by atoms with Gasteiger partial charge < -0.3 is 15.3 Å². The Morgan fingerprint density at radius 2 is 2.15 bits per heavy atom. The summed E-state index contributed by atoms with van der Waals surface area (Å²) in [4.78, 5) is 25.4. The monoisotopic (exact) mass is 276 g/mol. The molecule has 1 atom stereocenters. The second kappa shape index (κ2) is 6.52. The molecule has 1 aromatic carbocycles. The summed E-state index contributed by atoms with van der Waals surface area (Å²) in [5, 5.41) is 11.4. The molecule has 108 valence electrons. The molecule has 20 heavy (non-hydrogen) atoms. The highest BCUT2D eigenvalue weighted by Gasteiger charge is 2.30. The van der Waals surface area contributed by atoms with E-state index in [1.807, 2.05) is 24.3 Å².